The Morgan fingerprint density at radius 3 is 3.09 bits per heavy atom. The van der Waals surface area contributed by atoms with Crippen molar-refractivity contribution >= 4 is 52.3 Å². The van der Waals surface area contributed by atoms with Crippen LogP contribution in [0.1, 0.15) is 13.8 Å². The maximum absolute atomic E-state index is 14.2. The Morgan fingerprint density at radius 1 is 1.57 bits per heavy atom. The van der Waals surface area contributed by atoms with Gasteiger partial charge in [-0.15, -0.1) is 18.2 Å². The SMILES string of the molecule is C#CCSc1cc(N=c2snc3n2CC(C)(C)S3)c(F)cc1Cl. The lowest BCUT2D eigenvalue weighted by molar-refractivity contribution is 0.554. The van der Waals surface area contributed by atoms with Crippen molar-refractivity contribution in [3.63, 3.8) is 0 Å². The molecule has 0 bridgehead atoms. The molecule has 0 amide bonds. The smallest absolute Gasteiger partial charge is 0.210 e. The molecule has 1 aliphatic rings. The third-order valence-electron chi connectivity index (χ3n) is 3.10. The molecule has 120 valence electrons. The minimum atomic E-state index is -0.451. The van der Waals surface area contributed by atoms with Gasteiger partial charge in [-0.1, -0.05) is 29.3 Å². The molecule has 2 heterocycles. The number of aromatic nitrogens is 2. The van der Waals surface area contributed by atoms with Crippen molar-refractivity contribution in [1.82, 2.24) is 8.94 Å². The number of nitrogens with zero attached hydrogens (tertiary/aromatic N) is 3. The van der Waals surface area contributed by atoms with E-state index in [1.807, 2.05) is 4.57 Å². The van der Waals surface area contributed by atoms with Gasteiger partial charge >= 0.3 is 0 Å². The summed E-state index contributed by atoms with van der Waals surface area (Å²) in [5.74, 6) is 2.55. The molecule has 0 N–H and O–H groups in total. The minimum Gasteiger partial charge on any atom is -0.293 e. The van der Waals surface area contributed by atoms with Gasteiger partial charge in [0.15, 0.2) is 5.16 Å². The van der Waals surface area contributed by atoms with Gasteiger partial charge in [0.05, 0.1) is 10.8 Å². The first-order valence-corrected chi connectivity index (χ1v) is 9.70. The number of rotatable bonds is 3. The predicted octanol–water partition coefficient (Wildman–Crippen LogP) is 4.58. The Bertz CT molecular complexity index is 864. The molecular weight excluding hydrogens is 373 g/mol. The summed E-state index contributed by atoms with van der Waals surface area (Å²) in [5.41, 5.74) is 0.252. The number of fused-ring (bicyclic) bond motifs is 1. The first kappa shape index (κ1) is 16.9. The second kappa shape index (κ2) is 6.52. The second-order valence-electron chi connectivity index (χ2n) is 5.53. The molecule has 3 nitrogen and oxygen atoms in total. The molecule has 0 radical (unpaired) electrons. The maximum atomic E-state index is 14.2. The number of benzene rings is 1. The molecular formula is C15H13ClFN3S3. The van der Waals surface area contributed by atoms with Gasteiger partial charge in [0.1, 0.15) is 11.5 Å². The van der Waals surface area contributed by atoms with Crippen LogP contribution in [-0.4, -0.2) is 19.4 Å². The van der Waals surface area contributed by atoms with E-state index in [0.717, 1.165) is 16.6 Å². The highest BCUT2D eigenvalue weighted by molar-refractivity contribution is 8.00. The van der Waals surface area contributed by atoms with Crippen LogP contribution < -0.4 is 4.80 Å². The summed E-state index contributed by atoms with van der Waals surface area (Å²) in [4.78, 5) is 5.87. The fraction of sp³-hybridized carbons (Fsp3) is 0.333. The molecule has 23 heavy (non-hydrogen) atoms. The van der Waals surface area contributed by atoms with E-state index in [-0.39, 0.29) is 10.4 Å². The van der Waals surface area contributed by atoms with Crippen molar-refractivity contribution in [2.24, 2.45) is 4.99 Å². The van der Waals surface area contributed by atoms with Crippen LogP contribution in [0.25, 0.3) is 0 Å². The van der Waals surface area contributed by atoms with Crippen LogP contribution >= 0.6 is 46.7 Å². The number of terminal acetylenes is 1. The molecule has 0 saturated heterocycles. The lowest BCUT2D eigenvalue weighted by Gasteiger charge is -2.12. The van der Waals surface area contributed by atoms with Gasteiger partial charge in [-0.25, -0.2) is 9.38 Å². The molecule has 0 aliphatic carbocycles. The standard InChI is InChI=1S/C15H13ClFN3S3/c1-4-5-21-12-7-11(10(17)6-9(12)16)18-13-20-8-15(2,3)22-14(20)19-23-13/h1,6-7H,5,8H2,2-3H3. The Labute approximate surface area is 151 Å². The van der Waals surface area contributed by atoms with Gasteiger partial charge in [0.2, 0.25) is 4.80 Å². The van der Waals surface area contributed by atoms with Crippen molar-refractivity contribution in [3.8, 4) is 12.3 Å². The zero-order chi connectivity index (χ0) is 16.6. The van der Waals surface area contributed by atoms with Gasteiger partial charge in [0.25, 0.3) is 0 Å². The van der Waals surface area contributed by atoms with Gasteiger partial charge in [-0.2, -0.15) is 4.37 Å². The third kappa shape index (κ3) is 3.61. The van der Waals surface area contributed by atoms with Crippen molar-refractivity contribution in [1.29, 1.82) is 0 Å². The molecule has 0 spiro atoms. The Balaban J connectivity index is 2.03. The number of halogens is 2. The van der Waals surface area contributed by atoms with Crippen LogP contribution in [-0.2, 0) is 6.54 Å². The summed E-state index contributed by atoms with van der Waals surface area (Å²) in [5, 5.41) is 1.27. The van der Waals surface area contributed by atoms with Crippen molar-refractivity contribution in [3.05, 3.63) is 27.8 Å². The lowest BCUT2D eigenvalue weighted by Crippen LogP contribution is -2.21. The summed E-state index contributed by atoms with van der Waals surface area (Å²) in [6.45, 7) is 5.10. The second-order valence-corrected chi connectivity index (χ2v) is 9.36. The normalized spacial score (nSPS) is 16.4. The molecule has 0 saturated carbocycles. The maximum Gasteiger partial charge on any atom is 0.210 e. The highest BCUT2D eigenvalue weighted by Crippen LogP contribution is 2.39. The van der Waals surface area contributed by atoms with Crippen LogP contribution in [0.4, 0.5) is 10.1 Å². The lowest BCUT2D eigenvalue weighted by atomic mass is 10.2. The average molecular weight is 386 g/mol. The van der Waals surface area contributed by atoms with Crippen LogP contribution in [0.2, 0.25) is 5.02 Å². The number of hydrogen-bond acceptors (Lipinski definition) is 5. The Morgan fingerprint density at radius 2 is 2.35 bits per heavy atom. The summed E-state index contributed by atoms with van der Waals surface area (Å²) in [6.07, 6.45) is 5.27. The number of thioether (sulfide) groups is 2. The molecule has 1 aromatic carbocycles. The van der Waals surface area contributed by atoms with Crippen molar-refractivity contribution in [2.45, 2.75) is 35.2 Å². The van der Waals surface area contributed by atoms with E-state index in [0.29, 0.717) is 15.6 Å². The van der Waals surface area contributed by atoms with E-state index >= 15 is 0 Å². The monoisotopic (exact) mass is 385 g/mol. The zero-order valence-corrected chi connectivity index (χ0v) is 15.7. The third-order valence-corrected chi connectivity index (χ3v) is 6.52. The van der Waals surface area contributed by atoms with E-state index in [4.69, 9.17) is 18.0 Å². The van der Waals surface area contributed by atoms with Gasteiger partial charge in [-0.05, 0) is 26.0 Å². The molecule has 2 aromatic rings. The predicted molar refractivity (Wildman–Crippen MR) is 96.2 cm³/mol. The first-order valence-electron chi connectivity index (χ1n) is 6.75. The van der Waals surface area contributed by atoms with E-state index in [2.05, 4.69) is 29.1 Å². The summed E-state index contributed by atoms with van der Waals surface area (Å²) in [7, 11) is 0. The summed E-state index contributed by atoms with van der Waals surface area (Å²) in [6, 6.07) is 2.92. The van der Waals surface area contributed by atoms with Crippen LogP contribution in [0, 0.1) is 18.2 Å². The quantitative estimate of drug-likeness (QED) is 0.572. The zero-order valence-electron chi connectivity index (χ0n) is 12.5. The average Bonchev–Trinajstić information content (AvgIpc) is 2.96. The highest BCUT2D eigenvalue weighted by Gasteiger charge is 2.31. The Kier molecular flexibility index (Phi) is 4.79. The summed E-state index contributed by atoms with van der Waals surface area (Å²) < 4.78 is 20.7. The van der Waals surface area contributed by atoms with Crippen LogP contribution in [0.5, 0.6) is 0 Å². The van der Waals surface area contributed by atoms with Crippen LogP contribution in [0.3, 0.4) is 0 Å². The van der Waals surface area contributed by atoms with E-state index < -0.39 is 5.82 Å². The van der Waals surface area contributed by atoms with E-state index in [1.165, 1.54) is 29.4 Å². The minimum absolute atomic E-state index is 0.0763. The molecule has 0 atom stereocenters. The van der Waals surface area contributed by atoms with Gasteiger partial charge < -0.3 is 0 Å². The van der Waals surface area contributed by atoms with Gasteiger partial charge in [0, 0.05) is 27.7 Å². The molecule has 8 heteroatoms. The topological polar surface area (TPSA) is 30.2 Å². The highest BCUT2D eigenvalue weighted by atomic mass is 35.5. The number of hydrogen-bond donors (Lipinski definition) is 0. The first-order chi connectivity index (χ1) is 10.9. The van der Waals surface area contributed by atoms with Crippen molar-refractivity contribution < 1.29 is 4.39 Å². The van der Waals surface area contributed by atoms with E-state index in [9.17, 15) is 4.39 Å². The van der Waals surface area contributed by atoms with Gasteiger partial charge in [-0.3, -0.25) is 4.57 Å². The fourth-order valence-electron chi connectivity index (χ4n) is 2.15. The molecule has 1 aromatic heterocycles. The van der Waals surface area contributed by atoms with Crippen molar-refractivity contribution in [2.75, 3.05) is 5.75 Å². The van der Waals surface area contributed by atoms with E-state index in [1.54, 1.807) is 17.8 Å². The fourth-order valence-corrected chi connectivity index (χ4v) is 5.01. The molecule has 1 aliphatic heterocycles. The molecule has 0 unspecified atom stereocenters. The molecule has 3 rings (SSSR count). The Hall–Kier alpha value is -0.940. The molecule has 0 fully saturated rings. The van der Waals surface area contributed by atoms with Crippen LogP contribution in [0.15, 0.2) is 27.2 Å². The largest absolute Gasteiger partial charge is 0.293 e. The summed E-state index contributed by atoms with van der Waals surface area (Å²) >= 11 is 10.4.